The fraction of sp³-hybridized carbons (Fsp3) is 0.300. The van der Waals surface area contributed by atoms with Crippen LogP contribution in [0.25, 0.3) is 22.8 Å². The average molecular weight is 435 g/mol. The molecule has 0 bridgehead atoms. The minimum absolute atomic E-state index is 0. The van der Waals surface area contributed by atoms with Gasteiger partial charge in [0.1, 0.15) is 5.69 Å². The van der Waals surface area contributed by atoms with E-state index in [9.17, 15) is 4.79 Å². The molecule has 1 saturated heterocycles. The quantitative estimate of drug-likeness (QED) is 0.685. The third-order valence-electron chi connectivity index (χ3n) is 4.77. The van der Waals surface area contributed by atoms with Gasteiger partial charge in [-0.1, -0.05) is 12.1 Å². The van der Waals surface area contributed by atoms with Gasteiger partial charge in [-0.3, -0.25) is 4.79 Å². The molecule has 9 heteroatoms. The Labute approximate surface area is 182 Å². The maximum absolute atomic E-state index is 12.7. The second kappa shape index (κ2) is 10.3. The van der Waals surface area contributed by atoms with Gasteiger partial charge in [0.15, 0.2) is 5.82 Å². The Morgan fingerprint density at radius 2 is 1.69 bits per heavy atom. The highest BCUT2D eigenvalue weighted by Crippen LogP contribution is 2.20. The number of aromatic nitrogens is 4. The first-order chi connectivity index (χ1) is 13.2. The van der Waals surface area contributed by atoms with Crippen molar-refractivity contribution in [2.45, 2.75) is 6.42 Å². The first-order valence-electron chi connectivity index (χ1n) is 9.14. The number of hydrogen-bond donors (Lipinski definition) is 1. The van der Waals surface area contributed by atoms with Crippen molar-refractivity contribution in [1.82, 2.24) is 30.0 Å². The molecular formula is C20H24Cl2N6O. The van der Waals surface area contributed by atoms with E-state index < -0.39 is 0 Å². The molecule has 0 unspecified atom stereocenters. The van der Waals surface area contributed by atoms with Gasteiger partial charge in [-0.25, -0.2) is 4.98 Å². The normalized spacial score (nSPS) is 13.8. The molecule has 1 N–H and O–H groups in total. The molecule has 0 radical (unpaired) electrons. The molecule has 1 aliphatic heterocycles. The summed E-state index contributed by atoms with van der Waals surface area (Å²) in [5.41, 5.74) is 3.14. The highest BCUT2D eigenvalue weighted by Gasteiger charge is 2.17. The standard InChI is InChI=1S/C20H22N6O.2ClH/c1-25-13-11-22-19(25)18-8-7-17(23-24-18)15-3-5-16(6-4-15)20(27)26-12-2-9-21-10-14-26;;/h3-8,11,13,21H,2,9-10,12,14H2,1H3;2*1H. The van der Waals surface area contributed by atoms with Crippen LogP contribution in [0, 0.1) is 0 Å². The van der Waals surface area contributed by atoms with Gasteiger partial charge in [-0.15, -0.1) is 35.0 Å². The van der Waals surface area contributed by atoms with Gasteiger partial charge in [0.2, 0.25) is 0 Å². The number of nitrogens with one attached hydrogen (secondary N) is 1. The molecule has 7 nitrogen and oxygen atoms in total. The van der Waals surface area contributed by atoms with Crippen molar-refractivity contribution in [3.05, 3.63) is 54.4 Å². The van der Waals surface area contributed by atoms with Crippen molar-refractivity contribution in [1.29, 1.82) is 0 Å². The predicted octanol–water partition coefficient (Wildman–Crippen LogP) is 2.82. The highest BCUT2D eigenvalue weighted by molar-refractivity contribution is 5.94. The van der Waals surface area contributed by atoms with Crippen molar-refractivity contribution in [2.75, 3.05) is 26.2 Å². The predicted molar refractivity (Wildman–Crippen MR) is 118 cm³/mol. The second-order valence-electron chi connectivity index (χ2n) is 6.64. The van der Waals surface area contributed by atoms with Crippen LogP contribution in [0.4, 0.5) is 0 Å². The molecule has 0 spiro atoms. The molecule has 1 aliphatic rings. The number of carbonyl (C=O) groups is 1. The van der Waals surface area contributed by atoms with Crippen LogP contribution in [0.1, 0.15) is 16.8 Å². The van der Waals surface area contributed by atoms with Gasteiger partial charge in [0.05, 0.1) is 5.69 Å². The summed E-state index contributed by atoms with van der Waals surface area (Å²) in [6, 6.07) is 11.4. The third kappa shape index (κ3) is 5.12. The van der Waals surface area contributed by atoms with Crippen molar-refractivity contribution in [3.63, 3.8) is 0 Å². The van der Waals surface area contributed by atoms with Gasteiger partial charge in [-0.2, -0.15) is 0 Å². The second-order valence-corrected chi connectivity index (χ2v) is 6.64. The Kier molecular flexibility index (Phi) is 8.13. The maximum Gasteiger partial charge on any atom is 0.253 e. The molecule has 0 atom stereocenters. The van der Waals surface area contributed by atoms with E-state index in [0.717, 1.165) is 55.4 Å². The fourth-order valence-electron chi connectivity index (χ4n) is 3.23. The van der Waals surface area contributed by atoms with E-state index in [-0.39, 0.29) is 30.7 Å². The first-order valence-corrected chi connectivity index (χ1v) is 9.14. The van der Waals surface area contributed by atoms with E-state index in [1.807, 2.05) is 59.1 Å². The van der Waals surface area contributed by atoms with Crippen molar-refractivity contribution in [3.8, 4) is 22.8 Å². The molecular weight excluding hydrogens is 411 g/mol. The lowest BCUT2D eigenvalue weighted by atomic mass is 10.1. The Balaban J connectivity index is 0.00000150. The summed E-state index contributed by atoms with van der Waals surface area (Å²) in [5.74, 6) is 0.864. The number of carbonyl (C=O) groups excluding carboxylic acids is 1. The van der Waals surface area contributed by atoms with Crippen LogP contribution in [0.2, 0.25) is 0 Å². The van der Waals surface area contributed by atoms with E-state index in [4.69, 9.17) is 0 Å². The van der Waals surface area contributed by atoms with E-state index in [1.54, 1.807) is 6.20 Å². The monoisotopic (exact) mass is 434 g/mol. The summed E-state index contributed by atoms with van der Waals surface area (Å²) in [6.45, 7) is 3.37. The zero-order chi connectivity index (χ0) is 18.6. The van der Waals surface area contributed by atoms with Crippen LogP contribution in [-0.4, -0.2) is 56.7 Å². The molecule has 0 saturated carbocycles. The van der Waals surface area contributed by atoms with Gasteiger partial charge in [0.25, 0.3) is 5.91 Å². The van der Waals surface area contributed by atoms with Crippen LogP contribution in [0.15, 0.2) is 48.8 Å². The van der Waals surface area contributed by atoms with E-state index in [2.05, 4.69) is 20.5 Å². The smallest absolute Gasteiger partial charge is 0.253 e. The van der Waals surface area contributed by atoms with Crippen molar-refractivity contribution in [2.24, 2.45) is 7.05 Å². The number of hydrogen-bond acceptors (Lipinski definition) is 5. The summed E-state index contributed by atoms with van der Waals surface area (Å²) in [4.78, 5) is 18.9. The molecule has 29 heavy (non-hydrogen) atoms. The lowest BCUT2D eigenvalue weighted by Crippen LogP contribution is -2.34. The number of halogens is 2. The van der Waals surface area contributed by atoms with Crippen molar-refractivity contribution >= 4 is 30.7 Å². The number of benzene rings is 1. The molecule has 2 aromatic heterocycles. The topological polar surface area (TPSA) is 75.9 Å². The number of aryl methyl sites for hydroxylation is 1. The first kappa shape index (κ1) is 22.8. The highest BCUT2D eigenvalue weighted by atomic mass is 35.5. The SMILES string of the molecule is Cl.Cl.Cn1ccnc1-c1ccc(-c2ccc(C(=O)N3CCCNCC3)cc2)nn1. The molecule has 1 fully saturated rings. The zero-order valence-electron chi connectivity index (χ0n) is 16.1. The third-order valence-corrected chi connectivity index (χ3v) is 4.77. The van der Waals surface area contributed by atoms with Gasteiger partial charge in [-0.05, 0) is 37.2 Å². The Morgan fingerprint density at radius 3 is 2.34 bits per heavy atom. The van der Waals surface area contributed by atoms with Gasteiger partial charge >= 0.3 is 0 Å². The summed E-state index contributed by atoms with van der Waals surface area (Å²) >= 11 is 0. The van der Waals surface area contributed by atoms with Crippen LogP contribution in [0.3, 0.4) is 0 Å². The molecule has 3 aromatic rings. The minimum Gasteiger partial charge on any atom is -0.337 e. The molecule has 1 amide bonds. The van der Waals surface area contributed by atoms with Crippen LogP contribution < -0.4 is 5.32 Å². The summed E-state index contributed by atoms with van der Waals surface area (Å²) < 4.78 is 1.91. The van der Waals surface area contributed by atoms with Gasteiger partial charge < -0.3 is 14.8 Å². The van der Waals surface area contributed by atoms with Crippen LogP contribution in [-0.2, 0) is 7.05 Å². The molecule has 0 aliphatic carbocycles. The number of imidazole rings is 1. The molecule has 4 rings (SSSR count). The number of rotatable bonds is 3. The molecule has 154 valence electrons. The Hall–Kier alpha value is -2.48. The van der Waals surface area contributed by atoms with E-state index >= 15 is 0 Å². The molecule has 1 aromatic carbocycles. The lowest BCUT2D eigenvalue weighted by molar-refractivity contribution is 0.0766. The van der Waals surface area contributed by atoms with Gasteiger partial charge in [0, 0.05) is 50.2 Å². The Bertz CT molecular complexity index is 919. The lowest BCUT2D eigenvalue weighted by Gasteiger charge is -2.20. The van der Waals surface area contributed by atoms with Crippen molar-refractivity contribution < 1.29 is 4.79 Å². The van der Waals surface area contributed by atoms with Crippen LogP contribution in [0.5, 0.6) is 0 Å². The summed E-state index contributed by atoms with van der Waals surface area (Å²) in [6.07, 6.45) is 4.60. The average Bonchev–Trinajstić information content (AvgIpc) is 2.97. The largest absolute Gasteiger partial charge is 0.337 e. The Morgan fingerprint density at radius 1 is 0.966 bits per heavy atom. The van der Waals surface area contributed by atoms with Crippen LogP contribution >= 0.6 is 24.8 Å². The summed E-state index contributed by atoms with van der Waals surface area (Å²) in [5, 5.41) is 11.9. The maximum atomic E-state index is 12.7. The zero-order valence-corrected chi connectivity index (χ0v) is 17.7. The van der Waals surface area contributed by atoms with E-state index in [1.165, 1.54) is 0 Å². The fourth-order valence-corrected chi connectivity index (χ4v) is 3.23. The minimum atomic E-state index is 0. The molecule has 3 heterocycles. The van der Waals surface area contributed by atoms with E-state index in [0.29, 0.717) is 5.56 Å². The number of amides is 1. The summed E-state index contributed by atoms with van der Waals surface area (Å²) in [7, 11) is 1.92. The number of nitrogens with zero attached hydrogens (tertiary/aromatic N) is 5.